The number of nitrogens with one attached hydrogen (secondary N) is 1. The number of pyridine rings is 1. The van der Waals surface area contributed by atoms with Crippen molar-refractivity contribution in [1.82, 2.24) is 4.98 Å². The van der Waals surface area contributed by atoms with Crippen molar-refractivity contribution < 1.29 is 4.79 Å². The Morgan fingerprint density at radius 1 is 1.50 bits per heavy atom. The molecule has 1 heterocycles. The van der Waals surface area contributed by atoms with E-state index < -0.39 is 0 Å². The van der Waals surface area contributed by atoms with Crippen LogP contribution in [0.1, 0.15) is 37.8 Å². The van der Waals surface area contributed by atoms with Gasteiger partial charge in [0.2, 0.25) is 5.91 Å². The van der Waals surface area contributed by atoms with E-state index in [1.807, 2.05) is 13.0 Å². The van der Waals surface area contributed by atoms with Gasteiger partial charge in [0.05, 0.1) is 5.69 Å². The lowest BCUT2D eigenvalue weighted by Gasteiger charge is -2.22. The summed E-state index contributed by atoms with van der Waals surface area (Å²) >= 11 is 3.38. The maximum atomic E-state index is 11.9. The van der Waals surface area contributed by atoms with Gasteiger partial charge in [-0.25, -0.2) is 4.98 Å². The van der Waals surface area contributed by atoms with Crippen LogP contribution in [0.3, 0.4) is 0 Å². The van der Waals surface area contributed by atoms with Crippen LogP contribution in [0, 0.1) is 6.92 Å². The molecule has 1 aliphatic carbocycles. The van der Waals surface area contributed by atoms with Crippen LogP contribution in [0.5, 0.6) is 0 Å². The number of aryl methyl sites for hydroxylation is 1. The molecule has 4 nitrogen and oxygen atoms in total. The fraction of sp³-hybridized carbons (Fsp3) is 0.538. The molecular weight excluding hydrogens is 294 g/mol. The number of hydrogen-bond acceptors (Lipinski definition) is 3. The minimum atomic E-state index is -0.311. The molecule has 0 aromatic carbocycles. The van der Waals surface area contributed by atoms with Crippen molar-refractivity contribution in [3.8, 4) is 0 Å². The molecule has 0 aliphatic heterocycles. The van der Waals surface area contributed by atoms with Crippen LogP contribution in [0.2, 0.25) is 0 Å². The Kier molecular flexibility index (Phi) is 4.02. The van der Waals surface area contributed by atoms with E-state index in [9.17, 15) is 4.79 Å². The van der Waals surface area contributed by atoms with Crippen LogP contribution in [0.25, 0.3) is 0 Å². The fourth-order valence-corrected chi connectivity index (χ4v) is 2.60. The molecule has 3 N–H and O–H groups in total. The Balaban J connectivity index is 1.96. The van der Waals surface area contributed by atoms with Crippen molar-refractivity contribution in [2.75, 3.05) is 5.32 Å². The van der Waals surface area contributed by atoms with E-state index in [2.05, 4.69) is 26.2 Å². The first-order valence-electron chi connectivity index (χ1n) is 6.20. The minimum absolute atomic E-state index is 0.0476. The number of rotatable bonds is 3. The first kappa shape index (κ1) is 13.5. The Morgan fingerprint density at radius 2 is 2.17 bits per heavy atom. The summed E-state index contributed by atoms with van der Waals surface area (Å²) in [4.78, 5) is 16.2. The average molecular weight is 312 g/mol. The van der Waals surface area contributed by atoms with Gasteiger partial charge in [0.1, 0.15) is 5.82 Å². The van der Waals surface area contributed by atoms with Crippen LogP contribution >= 0.6 is 15.9 Å². The van der Waals surface area contributed by atoms with E-state index in [0.717, 1.165) is 35.8 Å². The van der Waals surface area contributed by atoms with Gasteiger partial charge in [-0.3, -0.25) is 4.79 Å². The molecule has 1 aliphatic rings. The summed E-state index contributed by atoms with van der Waals surface area (Å²) in [5.41, 5.74) is 6.73. The van der Waals surface area contributed by atoms with Gasteiger partial charge < -0.3 is 11.1 Å². The van der Waals surface area contributed by atoms with Crippen molar-refractivity contribution in [2.45, 2.75) is 44.6 Å². The van der Waals surface area contributed by atoms with E-state index >= 15 is 0 Å². The molecule has 5 heteroatoms. The van der Waals surface area contributed by atoms with Crippen LogP contribution in [0.4, 0.5) is 5.82 Å². The number of nitrogens with two attached hydrogens (primary N) is 1. The lowest BCUT2D eigenvalue weighted by Crippen LogP contribution is -2.40. The average Bonchev–Trinajstić information content (AvgIpc) is 2.70. The van der Waals surface area contributed by atoms with Crippen LogP contribution in [-0.4, -0.2) is 16.4 Å². The van der Waals surface area contributed by atoms with E-state index in [4.69, 9.17) is 5.73 Å². The lowest BCUT2D eigenvalue weighted by molar-refractivity contribution is -0.117. The molecule has 0 bridgehead atoms. The predicted octanol–water partition coefficient (Wildman–Crippen LogP) is 2.75. The molecule has 1 fully saturated rings. The lowest BCUT2D eigenvalue weighted by atomic mass is 9.94. The zero-order valence-electron chi connectivity index (χ0n) is 10.5. The minimum Gasteiger partial charge on any atom is -0.325 e. The second-order valence-electron chi connectivity index (χ2n) is 5.06. The third-order valence-corrected chi connectivity index (χ3v) is 4.24. The molecule has 98 valence electrons. The molecule has 0 spiro atoms. The molecular formula is C13H18BrN3O. The number of hydrogen-bond donors (Lipinski definition) is 2. The SMILES string of the molecule is Cc1nc(NC(=O)CC2(N)CCCC2)ccc1Br. The molecule has 1 saturated carbocycles. The quantitative estimate of drug-likeness (QED) is 0.902. The summed E-state index contributed by atoms with van der Waals surface area (Å²) in [5.74, 6) is 0.538. The van der Waals surface area contributed by atoms with E-state index in [-0.39, 0.29) is 11.4 Å². The summed E-state index contributed by atoms with van der Waals surface area (Å²) in [6.45, 7) is 1.89. The fourth-order valence-electron chi connectivity index (χ4n) is 2.38. The summed E-state index contributed by atoms with van der Waals surface area (Å²) in [7, 11) is 0. The van der Waals surface area contributed by atoms with E-state index in [1.165, 1.54) is 0 Å². The largest absolute Gasteiger partial charge is 0.325 e. The van der Waals surface area contributed by atoms with Gasteiger partial charge in [-0.05, 0) is 47.8 Å². The Labute approximate surface area is 115 Å². The Morgan fingerprint density at radius 3 is 2.78 bits per heavy atom. The Hall–Kier alpha value is -0.940. The van der Waals surface area contributed by atoms with Crippen LogP contribution < -0.4 is 11.1 Å². The smallest absolute Gasteiger partial charge is 0.227 e. The van der Waals surface area contributed by atoms with Crippen molar-refractivity contribution in [3.63, 3.8) is 0 Å². The van der Waals surface area contributed by atoms with Crippen molar-refractivity contribution in [2.24, 2.45) is 5.73 Å². The highest BCUT2D eigenvalue weighted by molar-refractivity contribution is 9.10. The van der Waals surface area contributed by atoms with Gasteiger partial charge in [0.15, 0.2) is 0 Å². The summed E-state index contributed by atoms with van der Waals surface area (Å²) in [6, 6.07) is 3.67. The molecule has 18 heavy (non-hydrogen) atoms. The highest BCUT2D eigenvalue weighted by Gasteiger charge is 2.31. The maximum absolute atomic E-state index is 11.9. The molecule has 0 unspecified atom stereocenters. The third-order valence-electron chi connectivity index (χ3n) is 3.40. The normalized spacial score (nSPS) is 17.7. The molecule has 0 atom stereocenters. The second-order valence-corrected chi connectivity index (χ2v) is 5.91. The standard InChI is InChI=1S/C13H18BrN3O/c1-9-10(14)4-5-11(16-9)17-12(18)8-13(15)6-2-3-7-13/h4-5H,2-3,6-8,15H2,1H3,(H,16,17,18). The van der Waals surface area contributed by atoms with E-state index in [1.54, 1.807) is 6.07 Å². The van der Waals surface area contributed by atoms with Gasteiger partial charge in [-0.2, -0.15) is 0 Å². The van der Waals surface area contributed by atoms with Crippen molar-refractivity contribution in [3.05, 3.63) is 22.3 Å². The number of amides is 1. The molecule has 2 rings (SSSR count). The highest BCUT2D eigenvalue weighted by atomic mass is 79.9. The number of carbonyl (C=O) groups is 1. The predicted molar refractivity (Wildman–Crippen MR) is 75.3 cm³/mol. The number of carbonyl (C=O) groups excluding carboxylic acids is 1. The van der Waals surface area contributed by atoms with Gasteiger partial charge >= 0.3 is 0 Å². The maximum Gasteiger partial charge on any atom is 0.227 e. The molecule has 1 amide bonds. The molecule has 1 aromatic rings. The van der Waals surface area contributed by atoms with Gasteiger partial charge in [-0.15, -0.1) is 0 Å². The van der Waals surface area contributed by atoms with Gasteiger partial charge in [0.25, 0.3) is 0 Å². The zero-order chi connectivity index (χ0) is 13.2. The highest BCUT2D eigenvalue weighted by Crippen LogP contribution is 2.30. The summed E-state index contributed by atoms with van der Waals surface area (Å²) in [6.07, 6.45) is 4.50. The first-order valence-corrected chi connectivity index (χ1v) is 7.00. The van der Waals surface area contributed by atoms with E-state index in [0.29, 0.717) is 12.2 Å². The van der Waals surface area contributed by atoms with Crippen molar-refractivity contribution in [1.29, 1.82) is 0 Å². The Bertz CT molecular complexity index is 456. The number of nitrogens with zero attached hydrogens (tertiary/aromatic N) is 1. The summed E-state index contributed by atoms with van der Waals surface area (Å²) < 4.78 is 0.937. The van der Waals surface area contributed by atoms with Gasteiger partial charge in [-0.1, -0.05) is 12.8 Å². The first-order chi connectivity index (χ1) is 8.48. The molecule has 0 saturated heterocycles. The van der Waals surface area contributed by atoms with Crippen LogP contribution in [-0.2, 0) is 4.79 Å². The van der Waals surface area contributed by atoms with Crippen molar-refractivity contribution >= 4 is 27.7 Å². The number of anilines is 1. The third kappa shape index (κ3) is 3.29. The number of aromatic nitrogens is 1. The summed E-state index contributed by atoms with van der Waals surface area (Å²) in [5, 5.41) is 2.81. The zero-order valence-corrected chi connectivity index (χ0v) is 12.1. The molecule has 0 radical (unpaired) electrons. The topological polar surface area (TPSA) is 68.0 Å². The molecule has 1 aromatic heterocycles. The van der Waals surface area contributed by atoms with Crippen LogP contribution in [0.15, 0.2) is 16.6 Å². The second kappa shape index (κ2) is 5.36. The number of halogens is 1. The van der Waals surface area contributed by atoms with Gasteiger partial charge in [0, 0.05) is 16.4 Å². The monoisotopic (exact) mass is 311 g/mol.